The fourth-order valence-corrected chi connectivity index (χ4v) is 0.456. The predicted octanol–water partition coefficient (Wildman–Crippen LogP) is 2.56. The molecule has 0 rings (SSSR count). The maximum absolute atomic E-state index is 5.40. The molecule has 0 saturated heterocycles. The van der Waals surface area contributed by atoms with Gasteiger partial charge in [0.05, 0.1) is 0 Å². The standard InChI is InChI=1S/C7H13/c1-4-5-6-7(2)3/h2H,4-6H2,1,3H3. The first-order valence-electron chi connectivity index (χ1n) is 2.85. The van der Waals surface area contributed by atoms with Crippen LogP contribution in [-0.4, -0.2) is 0 Å². The van der Waals surface area contributed by atoms with Crippen LogP contribution < -0.4 is 0 Å². The van der Waals surface area contributed by atoms with Gasteiger partial charge in [0.1, 0.15) is 0 Å². The molecule has 0 saturated carbocycles. The summed E-state index contributed by atoms with van der Waals surface area (Å²) in [6.45, 7) is 9.53. The molecule has 0 aromatic carbocycles. The Morgan fingerprint density at radius 1 is 1.57 bits per heavy atom. The van der Waals surface area contributed by atoms with Gasteiger partial charge in [-0.1, -0.05) is 25.5 Å². The van der Waals surface area contributed by atoms with Crippen molar-refractivity contribution in [2.24, 2.45) is 0 Å². The van der Waals surface area contributed by atoms with Crippen molar-refractivity contribution in [3.8, 4) is 0 Å². The summed E-state index contributed by atoms with van der Waals surface area (Å²) in [7, 11) is 0. The van der Waals surface area contributed by atoms with Crippen LogP contribution >= 0.6 is 0 Å². The van der Waals surface area contributed by atoms with Gasteiger partial charge >= 0.3 is 0 Å². The average molecular weight is 97.2 g/mol. The minimum absolute atomic E-state index is 1.06. The average Bonchev–Trinajstić information content (AvgIpc) is 1.61. The molecule has 0 bridgehead atoms. The molecular weight excluding hydrogens is 84.1 g/mol. The third-order valence-electron chi connectivity index (χ3n) is 0.925. The molecule has 0 atom stereocenters. The first kappa shape index (κ1) is 6.74. The van der Waals surface area contributed by atoms with Gasteiger partial charge in [0, 0.05) is 0 Å². The van der Waals surface area contributed by atoms with Crippen molar-refractivity contribution < 1.29 is 0 Å². The Bertz CT molecular complexity index is 53.1. The van der Waals surface area contributed by atoms with Crippen LogP contribution in [0.2, 0.25) is 0 Å². The lowest BCUT2D eigenvalue weighted by molar-refractivity contribution is 0.788. The highest BCUT2D eigenvalue weighted by Gasteiger charge is 1.81. The highest BCUT2D eigenvalue weighted by Crippen LogP contribution is 2.01. The van der Waals surface area contributed by atoms with Crippen LogP contribution in [0.3, 0.4) is 0 Å². The molecule has 0 aliphatic carbocycles. The zero-order chi connectivity index (χ0) is 5.70. The lowest BCUT2D eigenvalue weighted by atomic mass is 10.2. The number of allylic oxidation sites excluding steroid dienone is 1. The summed E-state index contributed by atoms with van der Waals surface area (Å²) in [6.07, 6.45) is 3.58. The second-order valence-corrected chi connectivity index (χ2v) is 1.95. The van der Waals surface area contributed by atoms with E-state index in [1.807, 2.05) is 6.92 Å². The molecule has 1 radical (unpaired) electrons. The van der Waals surface area contributed by atoms with Crippen molar-refractivity contribution in [1.82, 2.24) is 0 Å². The molecule has 0 unspecified atom stereocenters. The summed E-state index contributed by atoms with van der Waals surface area (Å²) < 4.78 is 0. The molecule has 0 aliphatic heterocycles. The van der Waals surface area contributed by atoms with Gasteiger partial charge in [0.2, 0.25) is 0 Å². The van der Waals surface area contributed by atoms with Crippen molar-refractivity contribution >= 4 is 0 Å². The molecule has 0 heteroatoms. The molecule has 0 N–H and O–H groups in total. The molecule has 0 spiro atoms. The van der Waals surface area contributed by atoms with Crippen molar-refractivity contribution in [2.45, 2.75) is 33.1 Å². The van der Waals surface area contributed by atoms with E-state index < -0.39 is 0 Å². The molecule has 0 amide bonds. The summed E-state index contributed by atoms with van der Waals surface area (Å²) in [6, 6.07) is 0. The Morgan fingerprint density at radius 2 is 2.14 bits per heavy atom. The Hall–Kier alpha value is -0.260. The van der Waals surface area contributed by atoms with E-state index in [1.54, 1.807) is 0 Å². The highest BCUT2D eigenvalue weighted by atomic mass is 13.9. The van der Waals surface area contributed by atoms with E-state index in [-0.39, 0.29) is 0 Å². The van der Waals surface area contributed by atoms with Crippen LogP contribution in [-0.2, 0) is 0 Å². The van der Waals surface area contributed by atoms with Crippen LogP contribution in [0, 0.1) is 6.58 Å². The molecule has 7 heavy (non-hydrogen) atoms. The Morgan fingerprint density at radius 3 is 2.29 bits per heavy atom. The van der Waals surface area contributed by atoms with Gasteiger partial charge in [-0.15, -0.1) is 0 Å². The van der Waals surface area contributed by atoms with E-state index in [0.717, 1.165) is 12.0 Å². The fraction of sp³-hybridized carbons (Fsp3) is 0.714. The van der Waals surface area contributed by atoms with Crippen molar-refractivity contribution in [3.05, 3.63) is 12.2 Å². The molecular formula is C7H13. The topological polar surface area (TPSA) is 0 Å². The second-order valence-electron chi connectivity index (χ2n) is 1.95. The van der Waals surface area contributed by atoms with Crippen LogP contribution in [0.5, 0.6) is 0 Å². The van der Waals surface area contributed by atoms with Gasteiger partial charge in [0.15, 0.2) is 0 Å². The second kappa shape index (κ2) is 3.91. The zero-order valence-electron chi connectivity index (χ0n) is 5.20. The SMILES string of the molecule is [CH]=C(C)CCCC. The van der Waals surface area contributed by atoms with Crippen molar-refractivity contribution in [3.63, 3.8) is 0 Å². The van der Waals surface area contributed by atoms with Gasteiger partial charge in [-0.05, 0) is 19.8 Å². The van der Waals surface area contributed by atoms with Gasteiger partial charge in [-0.2, -0.15) is 0 Å². The van der Waals surface area contributed by atoms with Crippen LogP contribution in [0.4, 0.5) is 0 Å². The monoisotopic (exact) mass is 97.1 g/mol. The summed E-state index contributed by atoms with van der Waals surface area (Å²) in [5.41, 5.74) is 1.06. The smallest absolute Gasteiger partial charge is 0.0320 e. The first-order chi connectivity index (χ1) is 3.27. The van der Waals surface area contributed by atoms with E-state index in [2.05, 4.69) is 6.92 Å². The number of unbranched alkanes of at least 4 members (excludes halogenated alkanes) is 1. The Kier molecular flexibility index (Phi) is 3.77. The lowest BCUT2D eigenvalue weighted by Gasteiger charge is -1.91. The summed E-state index contributed by atoms with van der Waals surface area (Å²) in [5, 5.41) is 0. The highest BCUT2D eigenvalue weighted by molar-refractivity contribution is 4.83. The number of hydrogen-bond acceptors (Lipinski definition) is 0. The quantitative estimate of drug-likeness (QED) is 0.507. The van der Waals surface area contributed by atoms with Crippen LogP contribution in [0.25, 0.3) is 0 Å². The molecule has 0 aromatic rings. The molecule has 41 valence electrons. The Balaban J connectivity index is 2.82. The maximum atomic E-state index is 5.40. The largest absolute Gasteiger partial charge is 0.0733 e. The lowest BCUT2D eigenvalue weighted by Crippen LogP contribution is -1.71. The van der Waals surface area contributed by atoms with E-state index in [9.17, 15) is 0 Å². The third-order valence-corrected chi connectivity index (χ3v) is 0.925. The van der Waals surface area contributed by atoms with Crippen molar-refractivity contribution in [1.29, 1.82) is 0 Å². The zero-order valence-corrected chi connectivity index (χ0v) is 5.20. The normalized spacial score (nSPS) is 8.86. The third kappa shape index (κ3) is 5.74. The van der Waals surface area contributed by atoms with Crippen LogP contribution in [0.1, 0.15) is 33.1 Å². The minimum Gasteiger partial charge on any atom is -0.0733 e. The van der Waals surface area contributed by atoms with E-state index in [0.29, 0.717) is 0 Å². The summed E-state index contributed by atoms with van der Waals surface area (Å²) in [5.74, 6) is 0. The summed E-state index contributed by atoms with van der Waals surface area (Å²) in [4.78, 5) is 0. The van der Waals surface area contributed by atoms with Crippen LogP contribution in [0.15, 0.2) is 5.57 Å². The number of hydrogen-bond donors (Lipinski definition) is 0. The molecule has 0 aliphatic rings. The molecule has 0 fully saturated rings. The van der Waals surface area contributed by atoms with Gasteiger partial charge in [0.25, 0.3) is 0 Å². The molecule has 0 nitrogen and oxygen atoms in total. The van der Waals surface area contributed by atoms with E-state index in [4.69, 9.17) is 6.58 Å². The summed E-state index contributed by atoms with van der Waals surface area (Å²) >= 11 is 0. The first-order valence-corrected chi connectivity index (χ1v) is 2.85. The van der Waals surface area contributed by atoms with E-state index >= 15 is 0 Å². The van der Waals surface area contributed by atoms with E-state index in [1.165, 1.54) is 12.8 Å². The fourth-order valence-electron chi connectivity index (χ4n) is 0.456. The molecule has 0 heterocycles. The minimum atomic E-state index is 1.06. The van der Waals surface area contributed by atoms with Gasteiger partial charge < -0.3 is 0 Å². The Labute approximate surface area is 46.2 Å². The molecule has 0 aromatic heterocycles. The maximum Gasteiger partial charge on any atom is -0.0320 e. The number of rotatable bonds is 3. The predicted molar refractivity (Wildman–Crippen MR) is 33.0 cm³/mol. The van der Waals surface area contributed by atoms with Crippen molar-refractivity contribution in [2.75, 3.05) is 0 Å². The van der Waals surface area contributed by atoms with Gasteiger partial charge in [-0.3, -0.25) is 0 Å². The van der Waals surface area contributed by atoms with Gasteiger partial charge in [-0.25, -0.2) is 0 Å².